The number of aromatic nitrogens is 2. The minimum absolute atomic E-state index is 0.189. The highest BCUT2D eigenvalue weighted by molar-refractivity contribution is 7.71. The first-order valence-electron chi connectivity index (χ1n) is 7.00. The maximum absolute atomic E-state index is 5.66. The van der Waals surface area contributed by atoms with E-state index in [4.69, 9.17) is 17.0 Å². The predicted octanol–water partition coefficient (Wildman–Crippen LogP) is 4.47. The van der Waals surface area contributed by atoms with Crippen LogP contribution in [-0.4, -0.2) is 16.1 Å². The van der Waals surface area contributed by atoms with E-state index in [-0.39, 0.29) is 6.10 Å². The molecule has 1 aromatic heterocycles. The van der Waals surface area contributed by atoms with Crippen LogP contribution < -0.4 is 4.74 Å². The molecule has 0 atom stereocenters. The molecule has 3 nitrogen and oxygen atoms in total. The Labute approximate surface area is 124 Å². The summed E-state index contributed by atoms with van der Waals surface area (Å²) in [6.07, 6.45) is 2.61. The monoisotopic (exact) mass is 286 g/mol. The molecule has 1 heterocycles. The van der Waals surface area contributed by atoms with E-state index in [0.717, 1.165) is 22.8 Å². The normalized spacial score (nSPS) is 14.6. The standard InChI is InChI=1S/C16H18N2OS/c1-10(2)19-13-7-5-11(6-8-13)14-9-15(20)18-16(17-14)12-3-4-12/h5-10,12H,3-4H2,1-2H3,(H,17,18,20). The number of hydrogen-bond acceptors (Lipinski definition) is 3. The third kappa shape index (κ3) is 3.07. The van der Waals surface area contributed by atoms with Crippen molar-refractivity contribution in [2.45, 2.75) is 38.7 Å². The van der Waals surface area contributed by atoms with Gasteiger partial charge in [0.1, 0.15) is 16.2 Å². The zero-order valence-corrected chi connectivity index (χ0v) is 12.5. The predicted molar refractivity (Wildman–Crippen MR) is 82.6 cm³/mol. The lowest BCUT2D eigenvalue weighted by atomic mass is 10.1. The van der Waals surface area contributed by atoms with E-state index < -0.39 is 0 Å². The Bertz CT molecular complexity index is 657. The van der Waals surface area contributed by atoms with E-state index >= 15 is 0 Å². The highest BCUT2D eigenvalue weighted by Gasteiger charge is 2.26. The van der Waals surface area contributed by atoms with E-state index in [1.807, 2.05) is 32.0 Å². The maximum atomic E-state index is 5.66. The lowest BCUT2D eigenvalue weighted by Crippen LogP contribution is -2.05. The van der Waals surface area contributed by atoms with Gasteiger partial charge in [0, 0.05) is 11.6 Å². The van der Waals surface area contributed by atoms with E-state index in [2.05, 4.69) is 22.1 Å². The quantitative estimate of drug-likeness (QED) is 0.843. The summed E-state index contributed by atoms with van der Waals surface area (Å²) in [6, 6.07) is 10.00. The summed E-state index contributed by atoms with van der Waals surface area (Å²) in [6.45, 7) is 4.05. The molecule has 0 spiro atoms. The molecule has 0 amide bonds. The average molecular weight is 286 g/mol. The van der Waals surface area contributed by atoms with Gasteiger partial charge in [0.05, 0.1) is 6.10 Å². The van der Waals surface area contributed by atoms with E-state index in [9.17, 15) is 0 Å². The smallest absolute Gasteiger partial charge is 0.130 e. The first kappa shape index (κ1) is 13.3. The Kier molecular flexibility index (Phi) is 3.57. The highest BCUT2D eigenvalue weighted by Crippen LogP contribution is 2.38. The molecule has 0 aliphatic heterocycles. The summed E-state index contributed by atoms with van der Waals surface area (Å²) in [5.74, 6) is 2.48. The van der Waals surface area contributed by atoms with Crippen LogP contribution in [0.3, 0.4) is 0 Å². The summed E-state index contributed by atoms with van der Waals surface area (Å²) in [4.78, 5) is 7.82. The highest BCUT2D eigenvalue weighted by atomic mass is 32.1. The average Bonchev–Trinajstić information content (AvgIpc) is 3.22. The first-order valence-corrected chi connectivity index (χ1v) is 7.41. The zero-order valence-electron chi connectivity index (χ0n) is 11.7. The van der Waals surface area contributed by atoms with Crippen LogP contribution in [0.4, 0.5) is 0 Å². The number of hydrogen-bond donors (Lipinski definition) is 1. The number of H-pyrrole nitrogens is 1. The molecule has 20 heavy (non-hydrogen) atoms. The second kappa shape index (κ2) is 5.37. The SMILES string of the molecule is CC(C)Oc1ccc(-c2cc(=S)nc(C3CC3)[nH]2)cc1. The van der Waals surface area contributed by atoms with Crippen LogP contribution in [-0.2, 0) is 0 Å². The summed E-state index contributed by atoms with van der Waals surface area (Å²) >= 11 is 5.26. The van der Waals surface area contributed by atoms with Crippen LogP contribution in [0.5, 0.6) is 5.75 Å². The fraction of sp³-hybridized carbons (Fsp3) is 0.375. The number of nitrogens with one attached hydrogen (secondary N) is 1. The molecule has 1 aromatic carbocycles. The topological polar surface area (TPSA) is 37.9 Å². The van der Waals surface area contributed by atoms with Crippen LogP contribution in [0.15, 0.2) is 30.3 Å². The maximum Gasteiger partial charge on any atom is 0.130 e. The zero-order chi connectivity index (χ0) is 14.1. The van der Waals surface area contributed by atoms with Gasteiger partial charge in [-0.1, -0.05) is 12.2 Å². The van der Waals surface area contributed by atoms with Crippen molar-refractivity contribution in [2.75, 3.05) is 0 Å². The second-order valence-corrected chi connectivity index (χ2v) is 5.90. The van der Waals surface area contributed by atoms with E-state index in [1.165, 1.54) is 12.8 Å². The van der Waals surface area contributed by atoms with Gasteiger partial charge in [-0.2, -0.15) is 0 Å². The van der Waals surface area contributed by atoms with Crippen molar-refractivity contribution in [1.82, 2.24) is 9.97 Å². The number of ether oxygens (including phenoxy) is 1. The van der Waals surface area contributed by atoms with Gasteiger partial charge in [-0.15, -0.1) is 0 Å². The Morgan fingerprint density at radius 1 is 1.25 bits per heavy atom. The van der Waals surface area contributed by atoms with Crippen LogP contribution in [0.2, 0.25) is 0 Å². The molecule has 104 valence electrons. The van der Waals surface area contributed by atoms with Crippen LogP contribution in [0, 0.1) is 4.64 Å². The summed E-state index contributed by atoms with van der Waals surface area (Å²) < 4.78 is 6.31. The first-order chi connectivity index (χ1) is 9.61. The van der Waals surface area contributed by atoms with E-state index in [0.29, 0.717) is 10.6 Å². The van der Waals surface area contributed by atoms with Crippen molar-refractivity contribution in [2.24, 2.45) is 0 Å². The van der Waals surface area contributed by atoms with Gasteiger partial charge in [0.2, 0.25) is 0 Å². The molecule has 1 N–H and O–H groups in total. The molecule has 2 aromatic rings. The number of rotatable bonds is 4. The third-order valence-electron chi connectivity index (χ3n) is 3.26. The fourth-order valence-corrected chi connectivity index (χ4v) is 2.38. The minimum Gasteiger partial charge on any atom is -0.491 e. The molecule has 1 saturated carbocycles. The summed E-state index contributed by atoms with van der Waals surface area (Å²) in [7, 11) is 0. The third-order valence-corrected chi connectivity index (χ3v) is 3.47. The molecule has 0 bridgehead atoms. The summed E-state index contributed by atoms with van der Waals surface area (Å²) in [5, 5.41) is 0. The Balaban J connectivity index is 1.90. The van der Waals surface area contributed by atoms with Crippen molar-refractivity contribution >= 4 is 12.2 Å². The largest absolute Gasteiger partial charge is 0.491 e. The molecular formula is C16H18N2OS. The van der Waals surface area contributed by atoms with Gasteiger partial charge < -0.3 is 9.72 Å². The molecule has 0 saturated heterocycles. The number of benzene rings is 1. The van der Waals surface area contributed by atoms with Gasteiger partial charge in [0.25, 0.3) is 0 Å². The van der Waals surface area contributed by atoms with Crippen molar-refractivity contribution in [1.29, 1.82) is 0 Å². The van der Waals surface area contributed by atoms with E-state index in [1.54, 1.807) is 0 Å². The van der Waals surface area contributed by atoms with Crippen molar-refractivity contribution in [3.63, 3.8) is 0 Å². The number of aromatic amines is 1. The second-order valence-electron chi connectivity index (χ2n) is 5.48. The molecule has 0 unspecified atom stereocenters. The van der Waals surface area contributed by atoms with Gasteiger partial charge in [0.15, 0.2) is 0 Å². The minimum atomic E-state index is 0.189. The van der Waals surface area contributed by atoms with Crippen LogP contribution in [0.25, 0.3) is 11.3 Å². The van der Waals surface area contributed by atoms with Gasteiger partial charge in [-0.05, 0) is 62.6 Å². The van der Waals surface area contributed by atoms with Gasteiger partial charge in [-0.3, -0.25) is 0 Å². The Hall–Kier alpha value is -1.68. The molecular weight excluding hydrogens is 268 g/mol. The molecule has 1 aliphatic carbocycles. The molecule has 4 heteroatoms. The fourth-order valence-electron chi connectivity index (χ4n) is 2.17. The molecule has 0 radical (unpaired) electrons. The molecule has 1 aliphatic rings. The molecule has 1 fully saturated rings. The van der Waals surface area contributed by atoms with Crippen LogP contribution in [0.1, 0.15) is 38.4 Å². The van der Waals surface area contributed by atoms with Crippen molar-refractivity contribution in [3.05, 3.63) is 40.8 Å². The van der Waals surface area contributed by atoms with Crippen LogP contribution >= 0.6 is 12.2 Å². The van der Waals surface area contributed by atoms with Crippen molar-refractivity contribution in [3.8, 4) is 17.0 Å². The lowest BCUT2D eigenvalue weighted by Gasteiger charge is -2.10. The molecule has 3 rings (SSSR count). The summed E-state index contributed by atoms with van der Waals surface area (Å²) in [5.41, 5.74) is 2.14. The lowest BCUT2D eigenvalue weighted by molar-refractivity contribution is 0.242. The van der Waals surface area contributed by atoms with Crippen molar-refractivity contribution < 1.29 is 4.74 Å². The Morgan fingerprint density at radius 2 is 1.95 bits per heavy atom. The van der Waals surface area contributed by atoms with Gasteiger partial charge in [-0.25, -0.2) is 4.98 Å². The number of nitrogens with zero attached hydrogens (tertiary/aromatic N) is 1. The Morgan fingerprint density at radius 3 is 2.55 bits per heavy atom. The van der Waals surface area contributed by atoms with Gasteiger partial charge >= 0.3 is 0 Å².